The molecule has 0 rings (SSSR count). The molecule has 0 spiro atoms. The quantitative estimate of drug-likeness (QED) is 0.664. The van der Waals surface area contributed by atoms with Crippen LogP contribution in [0.2, 0.25) is 0 Å². The van der Waals surface area contributed by atoms with E-state index in [1.807, 2.05) is 27.7 Å². The highest BCUT2D eigenvalue weighted by Crippen LogP contribution is 2.09. The minimum atomic E-state index is -0.976. The van der Waals surface area contributed by atoms with Crippen molar-refractivity contribution in [2.45, 2.75) is 45.8 Å². The zero-order valence-corrected chi connectivity index (χ0v) is 9.82. The first-order valence-corrected chi connectivity index (χ1v) is 6.26. The second-order valence-electron chi connectivity index (χ2n) is 3.76. The Morgan fingerprint density at radius 1 is 1.31 bits per heavy atom. The average molecular weight is 204 g/mol. The van der Waals surface area contributed by atoms with Crippen LogP contribution in [0.4, 0.5) is 0 Å². The highest BCUT2D eigenvalue weighted by molar-refractivity contribution is 7.86. The summed E-state index contributed by atoms with van der Waals surface area (Å²) in [7, 11) is -0.976. The maximum atomic E-state index is 11.6. The van der Waals surface area contributed by atoms with Crippen LogP contribution in [0.25, 0.3) is 0 Å². The first-order chi connectivity index (χ1) is 5.99. The van der Waals surface area contributed by atoms with Crippen molar-refractivity contribution in [1.29, 1.82) is 0 Å². The molecule has 78 valence electrons. The summed E-state index contributed by atoms with van der Waals surface area (Å²) in [5, 5.41) is 0.126. The normalized spacial score (nSPS) is 15.8. The molecule has 0 amide bonds. The molecule has 0 aliphatic heterocycles. The Kier molecular flexibility index (Phi) is 6.21. The van der Waals surface area contributed by atoms with Gasteiger partial charge in [0.1, 0.15) is 5.78 Å². The standard InChI is InChI=1S/C10H20O2S/c1-5-6-10(11)7-13(12)9(4)8(2)3/h8-9H,5-7H2,1-4H3. The van der Waals surface area contributed by atoms with E-state index < -0.39 is 10.8 Å². The molecule has 0 saturated carbocycles. The Morgan fingerprint density at radius 2 is 1.85 bits per heavy atom. The van der Waals surface area contributed by atoms with Crippen LogP contribution >= 0.6 is 0 Å². The zero-order chi connectivity index (χ0) is 10.4. The molecule has 0 aliphatic carbocycles. The van der Waals surface area contributed by atoms with E-state index in [4.69, 9.17) is 0 Å². The number of hydrogen-bond acceptors (Lipinski definition) is 2. The maximum absolute atomic E-state index is 11.6. The Labute approximate surface area is 83.6 Å². The number of ketones is 1. The number of hydrogen-bond donors (Lipinski definition) is 0. The summed E-state index contributed by atoms with van der Waals surface area (Å²) in [5.74, 6) is 0.760. The van der Waals surface area contributed by atoms with Crippen LogP contribution in [0.3, 0.4) is 0 Å². The Hall–Kier alpha value is -0.180. The molecule has 0 aliphatic rings. The third-order valence-electron chi connectivity index (χ3n) is 2.19. The van der Waals surface area contributed by atoms with Crippen LogP contribution in [0.5, 0.6) is 0 Å². The average Bonchev–Trinajstić information content (AvgIpc) is 2.03. The fraction of sp³-hybridized carbons (Fsp3) is 0.900. The van der Waals surface area contributed by atoms with Crippen LogP contribution in [0, 0.1) is 5.92 Å². The van der Waals surface area contributed by atoms with Gasteiger partial charge in [0.05, 0.1) is 5.75 Å². The van der Waals surface area contributed by atoms with E-state index in [0.717, 1.165) is 6.42 Å². The molecule has 0 aromatic heterocycles. The van der Waals surface area contributed by atoms with Gasteiger partial charge in [-0.3, -0.25) is 9.00 Å². The van der Waals surface area contributed by atoms with Crippen molar-refractivity contribution in [3.63, 3.8) is 0 Å². The molecule has 3 heteroatoms. The molecule has 13 heavy (non-hydrogen) atoms. The van der Waals surface area contributed by atoms with Gasteiger partial charge in [0.25, 0.3) is 0 Å². The topological polar surface area (TPSA) is 34.1 Å². The molecule has 0 aromatic carbocycles. The van der Waals surface area contributed by atoms with E-state index in [1.54, 1.807) is 0 Å². The van der Waals surface area contributed by atoms with Gasteiger partial charge >= 0.3 is 0 Å². The van der Waals surface area contributed by atoms with Gasteiger partial charge in [-0.05, 0) is 12.3 Å². The summed E-state index contributed by atoms with van der Waals surface area (Å²) in [6.07, 6.45) is 1.42. The Morgan fingerprint density at radius 3 is 2.23 bits per heavy atom. The second kappa shape index (κ2) is 6.30. The lowest BCUT2D eigenvalue weighted by molar-refractivity contribution is -0.116. The van der Waals surface area contributed by atoms with Crippen molar-refractivity contribution in [1.82, 2.24) is 0 Å². The molecule has 0 radical (unpaired) electrons. The molecule has 0 N–H and O–H groups in total. The van der Waals surface area contributed by atoms with Crippen LogP contribution in [-0.2, 0) is 15.6 Å². The van der Waals surface area contributed by atoms with Gasteiger partial charge in [0.2, 0.25) is 0 Å². The third-order valence-corrected chi connectivity index (χ3v) is 4.17. The summed E-state index contributed by atoms with van der Waals surface area (Å²) >= 11 is 0. The molecule has 2 atom stereocenters. The van der Waals surface area contributed by atoms with Gasteiger partial charge in [0.15, 0.2) is 0 Å². The first kappa shape index (κ1) is 12.8. The zero-order valence-electron chi connectivity index (χ0n) is 9.00. The van der Waals surface area contributed by atoms with Crippen molar-refractivity contribution in [2.75, 3.05) is 5.75 Å². The van der Waals surface area contributed by atoms with E-state index in [9.17, 15) is 9.00 Å². The van der Waals surface area contributed by atoms with Crippen LogP contribution in [-0.4, -0.2) is 21.0 Å². The Bertz CT molecular complexity index is 187. The summed E-state index contributed by atoms with van der Waals surface area (Å²) in [5.41, 5.74) is 0. The highest BCUT2D eigenvalue weighted by atomic mass is 32.2. The van der Waals surface area contributed by atoms with Gasteiger partial charge in [0, 0.05) is 22.5 Å². The predicted octanol–water partition coefficient (Wildman–Crippen LogP) is 2.15. The van der Waals surface area contributed by atoms with E-state index >= 15 is 0 Å². The lowest BCUT2D eigenvalue weighted by Crippen LogP contribution is -2.23. The van der Waals surface area contributed by atoms with E-state index in [-0.39, 0.29) is 16.8 Å². The summed E-state index contributed by atoms with van der Waals surface area (Å²) in [6, 6.07) is 0. The van der Waals surface area contributed by atoms with Gasteiger partial charge < -0.3 is 0 Å². The summed E-state index contributed by atoms with van der Waals surface area (Å²) < 4.78 is 11.6. The van der Waals surface area contributed by atoms with Gasteiger partial charge in [-0.15, -0.1) is 0 Å². The summed E-state index contributed by atoms with van der Waals surface area (Å²) in [6.45, 7) is 7.98. The minimum absolute atomic E-state index is 0.126. The molecule has 0 fully saturated rings. The lowest BCUT2D eigenvalue weighted by Gasteiger charge is -2.14. The number of rotatable bonds is 6. The fourth-order valence-electron chi connectivity index (χ4n) is 0.945. The predicted molar refractivity (Wildman–Crippen MR) is 57.2 cm³/mol. The molecule has 0 saturated heterocycles. The Balaban J connectivity index is 3.93. The molecule has 2 nitrogen and oxygen atoms in total. The molecule has 2 unspecified atom stereocenters. The number of Topliss-reactive ketones (excluding diaryl/α,β-unsaturated/α-hetero) is 1. The smallest absolute Gasteiger partial charge is 0.145 e. The van der Waals surface area contributed by atoms with Crippen molar-refractivity contribution < 1.29 is 9.00 Å². The van der Waals surface area contributed by atoms with E-state index in [1.165, 1.54) is 0 Å². The second-order valence-corrected chi connectivity index (χ2v) is 5.56. The molecule has 0 aromatic rings. The number of carbonyl (C=O) groups is 1. The van der Waals surface area contributed by atoms with E-state index in [2.05, 4.69) is 0 Å². The molecular formula is C10H20O2S. The maximum Gasteiger partial charge on any atom is 0.145 e. The number of carbonyl (C=O) groups excluding carboxylic acids is 1. The lowest BCUT2D eigenvalue weighted by atomic mass is 10.2. The summed E-state index contributed by atoms with van der Waals surface area (Å²) in [4.78, 5) is 11.2. The van der Waals surface area contributed by atoms with Crippen LogP contribution in [0.15, 0.2) is 0 Å². The van der Waals surface area contributed by atoms with Crippen molar-refractivity contribution in [3.05, 3.63) is 0 Å². The highest BCUT2D eigenvalue weighted by Gasteiger charge is 2.17. The van der Waals surface area contributed by atoms with Gasteiger partial charge in [-0.1, -0.05) is 27.7 Å². The van der Waals surface area contributed by atoms with Crippen LogP contribution < -0.4 is 0 Å². The van der Waals surface area contributed by atoms with Crippen molar-refractivity contribution in [2.24, 2.45) is 5.92 Å². The van der Waals surface area contributed by atoms with Crippen molar-refractivity contribution in [3.8, 4) is 0 Å². The van der Waals surface area contributed by atoms with Crippen molar-refractivity contribution >= 4 is 16.6 Å². The molecular weight excluding hydrogens is 184 g/mol. The van der Waals surface area contributed by atoms with Gasteiger partial charge in [-0.2, -0.15) is 0 Å². The minimum Gasteiger partial charge on any atom is -0.299 e. The first-order valence-electron chi connectivity index (χ1n) is 4.87. The van der Waals surface area contributed by atoms with Crippen LogP contribution in [0.1, 0.15) is 40.5 Å². The largest absolute Gasteiger partial charge is 0.299 e. The molecule has 0 bridgehead atoms. The monoisotopic (exact) mass is 204 g/mol. The molecule has 0 heterocycles. The van der Waals surface area contributed by atoms with Gasteiger partial charge in [-0.25, -0.2) is 0 Å². The SMILES string of the molecule is CCCC(=O)CS(=O)C(C)C(C)C. The third kappa shape index (κ3) is 5.19. The fourth-order valence-corrected chi connectivity index (χ4v) is 2.28. The van der Waals surface area contributed by atoms with E-state index in [0.29, 0.717) is 12.3 Å².